The van der Waals surface area contributed by atoms with Crippen LogP contribution in [0.5, 0.6) is 0 Å². The summed E-state index contributed by atoms with van der Waals surface area (Å²) >= 11 is 6.96. The van der Waals surface area contributed by atoms with Crippen LogP contribution in [0.3, 0.4) is 0 Å². The smallest absolute Gasteiger partial charge is 0.324 e. The summed E-state index contributed by atoms with van der Waals surface area (Å²) in [5.74, 6) is 0. The Morgan fingerprint density at radius 1 is 1.88 bits per heavy atom. The summed E-state index contributed by atoms with van der Waals surface area (Å²) < 4.78 is 8.84. The van der Waals surface area contributed by atoms with E-state index in [0.29, 0.717) is 6.61 Å². The number of hydrogen-bond acceptors (Lipinski definition) is 3. The summed E-state index contributed by atoms with van der Waals surface area (Å²) in [5.41, 5.74) is 0. The summed E-state index contributed by atoms with van der Waals surface area (Å²) in [5, 5.41) is 0. The SMILES string of the molecule is CCOP(O)(=S)OBr. The quantitative estimate of drug-likeness (QED) is 0.734. The van der Waals surface area contributed by atoms with Crippen LogP contribution in [0.2, 0.25) is 0 Å². The van der Waals surface area contributed by atoms with Crippen molar-refractivity contribution in [2.45, 2.75) is 6.92 Å². The molecule has 1 unspecified atom stereocenters. The molecule has 0 rings (SSSR count). The molecule has 0 fully saturated rings. The van der Waals surface area contributed by atoms with Crippen LogP contribution in [0.4, 0.5) is 0 Å². The van der Waals surface area contributed by atoms with Crippen molar-refractivity contribution in [2.24, 2.45) is 0 Å². The van der Waals surface area contributed by atoms with Gasteiger partial charge in [-0.2, -0.15) is 0 Å². The van der Waals surface area contributed by atoms with Gasteiger partial charge in [0.25, 0.3) is 0 Å². The zero-order chi connectivity index (χ0) is 6.62. The van der Waals surface area contributed by atoms with Gasteiger partial charge in [0.15, 0.2) is 0 Å². The molecular weight excluding hydrogens is 215 g/mol. The van der Waals surface area contributed by atoms with E-state index < -0.39 is 6.72 Å². The van der Waals surface area contributed by atoms with Crippen molar-refractivity contribution in [3.05, 3.63) is 0 Å². The Bertz CT molecular complexity index is 107. The highest BCUT2D eigenvalue weighted by Gasteiger charge is 2.10. The second kappa shape index (κ2) is 3.93. The number of hydrogen-bond donors (Lipinski definition) is 1. The van der Waals surface area contributed by atoms with E-state index in [2.05, 4.69) is 36.2 Å². The Morgan fingerprint density at radius 3 is 2.50 bits per heavy atom. The van der Waals surface area contributed by atoms with E-state index in [4.69, 9.17) is 4.89 Å². The minimum Gasteiger partial charge on any atom is -0.324 e. The molecule has 0 aromatic rings. The fraction of sp³-hybridized carbons (Fsp3) is 1.00. The third-order valence-corrected chi connectivity index (χ3v) is 3.43. The molecule has 0 spiro atoms. The van der Waals surface area contributed by atoms with Crippen LogP contribution >= 0.6 is 23.0 Å². The summed E-state index contributed by atoms with van der Waals surface area (Å²) in [6.07, 6.45) is 0. The van der Waals surface area contributed by atoms with Gasteiger partial charge in [-0.1, -0.05) is 0 Å². The lowest BCUT2D eigenvalue weighted by Crippen LogP contribution is -1.85. The molecule has 0 heterocycles. The van der Waals surface area contributed by atoms with E-state index in [1.807, 2.05) is 0 Å². The Hall–Kier alpha value is 1.01. The summed E-state index contributed by atoms with van der Waals surface area (Å²) in [4.78, 5) is 8.76. The van der Waals surface area contributed by atoms with Gasteiger partial charge >= 0.3 is 6.72 Å². The van der Waals surface area contributed by atoms with Gasteiger partial charge in [0.2, 0.25) is 0 Å². The van der Waals surface area contributed by atoms with Gasteiger partial charge in [0.1, 0.15) is 16.3 Å². The van der Waals surface area contributed by atoms with Crippen LogP contribution in [0.25, 0.3) is 0 Å². The summed E-state index contributed by atoms with van der Waals surface area (Å²) in [6, 6.07) is 0. The van der Waals surface area contributed by atoms with Crippen LogP contribution in [-0.4, -0.2) is 11.5 Å². The Kier molecular flexibility index (Phi) is 4.42. The maximum absolute atomic E-state index is 8.76. The highest BCUT2D eigenvalue weighted by atomic mass is 79.9. The van der Waals surface area contributed by atoms with Crippen molar-refractivity contribution in [3.8, 4) is 0 Å². The van der Waals surface area contributed by atoms with E-state index in [9.17, 15) is 0 Å². The lowest BCUT2D eigenvalue weighted by molar-refractivity contribution is 0.284. The predicted molar refractivity (Wildman–Crippen MR) is 38.1 cm³/mol. The molecule has 50 valence electrons. The van der Waals surface area contributed by atoms with Gasteiger partial charge in [-0.3, -0.25) is 0 Å². The standard InChI is InChI=1S/C2H6BrO3PS/c1-2-5-7(4,8)6-3/h2H2,1H3,(H,4,8). The van der Waals surface area contributed by atoms with Gasteiger partial charge in [-0.15, -0.1) is 0 Å². The average molecular weight is 221 g/mol. The van der Waals surface area contributed by atoms with Crippen LogP contribution in [0.15, 0.2) is 0 Å². The first-order valence-corrected chi connectivity index (χ1v) is 5.14. The third kappa shape index (κ3) is 3.95. The van der Waals surface area contributed by atoms with Crippen molar-refractivity contribution < 1.29 is 13.0 Å². The average Bonchev–Trinajstić information content (AvgIpc) is 1.67. The molecule has 0 aliphatic carbocycles. The molecule has 1 atom stereocenters. The molecule has 8 heavy (non-hydrogen) atoms. The zero-order valence-electron chi connectivity index (χ0n) is 4.20. The highest BCUT2D eigenvalue weighted by molar-refractivity contribution is 9.06. The van der Waals surface area contributed by atoms with Crippen molar-refractivity contribution in [1.82, 2.24) is 0 Å². The first-order chi connectivity index (χ1) is 3.62. The molecule has 1 N–H and O–H groups in total. The van der Waals surface area contributed by atoms with Crippen molar-refractivity contribution in [3.63, 3.8) is 0 Å². The molecule has 0 aromatic carbocycles. The van der Waals surface area contributed by atoms with Crippen LogP contribution in [0.1, 0.15) is 6.92 Å². The monoisotopic (exact) mass is 220 g/mol. The van der Waals surface area contributed by atoms with Crippen molar-refractivity contribution in [2.75, 3.05) is 6.61 Å². The Balaban J connectivity index is 3.55. The first kappa shape index (κ1) is 9.01. The molecule has 0 saturated carbocycles. The summed E-state index contributed by atoms with van der Waals surface area (Å²) in [7, 11) is 0. The summed E-state index contributed by atoms with van der Waals surface area (Å²) in [6.45, 7) is -0.837. The molecule has 3 nitrogen and oxygen atoms in total. The normalized spacial score (nSPS) is 17.9. The minimum absolute atomic E-state index is 0.360. The van der Waals surface area contributed by atoms with E-state index in [-0.39, 0.29) is 0 Å². The Labute approximate surface area is 61.7 Å². The minimum atomic E-state index is -2.92. The zero-order valence-corrected chi connectivity index (χ0v) is 7.50. The van der Waals surface area contributed by atoms with E-state index >= 15 is 0 Å². The molecule has 0 aliphatic rings. The molecule has 0 aromatic heterocycles. The van der Waals surface area contributed by atoms with Gasteiger partial charge < -0.3 is 9.42 Å². The molecule has 0 saturated heterocycles. The van der Waals surface area contributed by atoms with Crippen LogP contribution in [-0.2, 0) is 19.9 Å². The van der Waals surface area contributed by atoms with Gasteiger partial charge in [-0.05, 0) is 18.7 Å². The highest BCUT2D eigenvalue weighted by Crippen LogP contribution is 2.45. The molecule has 6 heteroatoms. The molecule has 0 aliphatic heterocycles. The molecular formula is C2H6BrO3PS. The lowest BCUT2D eigenvalue weighted by atomic mass is 10.9. The van der Waals surface area contributed by atoms with E-state index in [1.165, 1.54) is 0 Å². The van der Waals surface area contributed by atoms with Gasteiger partial charge in [0.05, 0.1) is 6.61 Å². The van der Waals surface area contributed by atoms with Gasteiger partial charge in [0, 0.05) is 0 Å². The maximum atomic E-state index is 8.76. The van der Waals surface area contributed by atoms with Crippen molar-refractivity contribution in [1.29, 1.82) is 0 Å². The lowest BCUT2D eigenvalue weighted by Gasteiger charge is -2.07. The molecule has 0 amide bonds. The van der Waals surface area contributed by atoms with Crippen molar-refractivity contribution >= 4 is 34.8 Å². The fourth-order valence-electron chi connectivity index (χ4n) is 0.183. The third-order valence-electron chi connectivity index (χ3n) is 0.379. The second-order valence-corrected chi connectivity index (χ2v) is 4.54. The Morgan fingerprint density at radius 2 is 2.38 bits per heavy atom. The molecule has 0 bridgehead atoms. The number of rotatable bonds is 3. The van der Waals surface area contributed by atoms with Crippen LogP contribution < -0.4 is 0 Å². The predicted octanol–water partition coefficient (Wildman–Crippen LogP) is 1.57. The van der Waals surface area contributed by atoms with Crippen LogP contribution in [0, 0.1) is 0 Å². The number of halogens is 1. The maximum Gasteiger partial charge on any atom is 0.335 e. The van der Waals surface area contributed by atoms with Gasteiger partial charge in [-0.25, -0.2) is 3.62 Å². The fourth-order valence-corrected chi connectivity index (χ4v) is 1.12. The van der Waals surface area contributed by atoms with E-state index in [1.54, 1.807) is 6.92 Å². The first-order valence-electron chi connectivity index (χ1n) is 1.90. The second-order valence-electron chi connectivity index (χ2n) is 0.955. The molecule has 0 radical (unpaired) electrons. The largest absolute Gasteiger partial charge is 0.335 e. The topological polar surface area (TPSA) is 38.7 Å². The van der Waals surface area contributed by atoms with E-state index in [0.717, 1.165) is 0 Å².